The number of nitrogens with zero attached hydrogens (tertiary/aromatic N) is 2. The number of hydrogen-bond donors (Lipinski definition) is 0. The average molecular weight is 325 g/mol. The molecule has 1 fully saturated rings. The van der Waals surface area contributed by atoms with Gasteiger partial charge in [-0.3, -0.25) is 0 Å². The molecule has 1 saturated heterocycles. The Labute approximate surface area is 125 Å². The molecule has 0 saturated carbocycles. The van der Waals surface area contributed by atoms with E-state index in [1.54, 1.807) is 0 Å². The van der Waals surface area contributed by atoms with Crippen molar-refractivity contribution in [2.45, 2.75) is 31.7 Å². The standard InChI is InChI=1S/C16H25BrN2/c1-13(14-4-6-15(17)7-5-14)12-19-10-8-16(9-11-19)18(2)3/h4-7,13,16H,8-12H2,1-3H3/t13-/m1/s1. The lowest BCUT2D eigenvalue weighted by Crippen LogP contribution is -2.43. The Morgan fingerprint density at radius 2 is 1.79 bits per heavy atom. The van der Waals surface area contributed by atoms with Crippen LogP contribution in [0.1, 0.15) is 31.2 Å². The molecule has 0 aliphatic carbocycles. The molecular weight excluding hydrogens is 300 g/mol. The number of rotatable bonds is 4. The van der Waals surface area contributed by atoms with Crippen molar-refractivity contribution in [2.24, 2.45) is 0 Å². The first-order valence-corrected chi connectivity index (χ1v) is 8.00. The third-order valence-electron chi connectivity index (χ3n) is 4.26. The summed E-state index contributed by atoms with van der Waals surface area (Å²) in [6.45, 7) is 6.00. The van der Waals surface area contributed by atoms with Gasteiger partial charge in [-0.2, -0.15) is 0 Å². The molecule has 1 aromatic carbocycles. The highest BCUT2D eigenvalue weighted by atomic mass is 79.9. The molecule has 106 valence electrons. The van der Waals surface area contributed by atoms with Crippen molar-refractivity contribution in [3.63, 3.8) is 0 Å². The summed E-state index contributed by atoms with van der Waals surface area (Å²) in [5, 5.41) is 0. The number of halogens is 1. The molecule has 0 amide bonds. The fraction of sp³-hybridized carbons (Fsp3) is 0.625. The zero-order valence-corrected chi connectivity index (χ0v) is 13.9. The van der Waals surface area contributed by atoms with Crippen molar-refractivity contribution in [3.8, 4) is 0 Å². The minimum Gasteiger partial charge on any atom is -0.306 e. The van der Waals surface area contributed by atoms with Gasteiger partial charge in [-0.15, -0.1) is 0 Å². The lowest BCUT2D eigenvalue weighted by Gasteiger charge is -2.36. The predicted octanol–water partition coefficient (Wildman–Crippen LogP) is 3.58. The largest absolute Gasteiger partial charge is 0.306 e. The second-order valence-corrected chi connectivity index (χ2v) is 6.86. The Balaban J connectivity index is 1.83. The van der Waals surface area contributed by atoms with E-state index in [2.05, 4.69) is 71.0 Å². The molecule has 0 aromatic heterocycles. The minimum atomic E-state index is 0.615. The first-order valence-electron chi connectivity index (χ1n) is 7.20. The zero-order valence-electron chi connectivity index (χ0n) is 12.3. The van der Waals surface area contributed by atoms with Crippen LogP contribution in [0, 0.1) is 0 Å². The highest BCUT2D eigenvalue weighted by molar-refractivity contribution is 9.10. The summed E-state index contributed by atoms with van der Waals surface area (Å²) < 4.78 is 1.16. The van der Waals surface area contributed by atoms with E-state index in [1.807, 2.05) is 0 Å². The quantitative estimate of drug-likeness (QED) is 0.835. The molecular formula is C16H25BrN2. The van der Waals surface area contributed by atoms with Crippen molar-refractivity contribution in [1.82, 2.24) is 9.80 Å². The van der Waals surface area contributed by atoms with Crippen LogP contribution < -0.4 is 0 Å². The Hall–Kier alpha value is -0.380. The second-order valence-electron chi connectivity index (χ2n) is 5.95. The first-order chi connectivity index (χ1) is 9.06. The molecule has 0 unspecified atom stereocenters. The summed E-state index contributed by atoms with van der Waals surface area (Å²) in [6.07, 6.45) is 2.61. The van der Waals surface area contributed by atoms with Gasteiger partial charge < -0.3 is 9.80 Å². The Kier molecular flexibility index (Phi) is 5.43. The molecule has 1 heterocycles. The van der Waals surface area contributed by atoms with E-state index in [0.29, 0.717) is 5.92 Å². The summed E-state index contributed by atoms with van der Waals surface area (Å²) in [4.78, 5) is 4.99. The second kappa shape index (κ2) is 6.87. The number of hydrogen-bond acceptors (Lipinski definition) is 2. The third kappa shape index (κ3) is 4.30. The van der Waals surface area contributed by atoms with Gasteiger partial charge in [-0.05, 0) is 63.6 Å². The summed E-state index contributed by atoms with van der Waals surface area (Å²) >= 11 is 3.50. The van der Waals surface area contributed by atoms with Crippen LogP contribution in [0.5, 0.6) is 0 Å². The van der Waals surface area contributed by atoms with Crippen LogP contribution in [0.25, 0.3) is 0 Å². The van der Waals surface area contributed by atoms with Crippen LogP contribution in [-0.4, -0.2) is 49.6 Å². The van der Waals surface area contributed by atoms with Gasteiger partial charge in [-0.1, -0.05) is 35.0 Å². The fourth-order valence-corrected chi connectivity index (χ4v) is 3.17. The van der Waals surface area contributed by atoms with Crippen LogP contribution >= 0.6 is 15.9 Å². The maximum Gasteiger partial charge on any atom is 0.0175 e. The molecule has 1 aliphatic rings. The van der Waals surface area contributed by atoms with Gasteiger partial charge in [0.05, 0.1) is 0 Å². The van der Waals surface area contributed by atoms with Crippen molar-refractivity contribution in [3.05, 3.63) is 34.3 Å². The summed E-state index contributed by atoms with van der Waals surface area (Å²) in [6, 6.07) is 9.54. The maximum atomic E-state index is 3.50. The van der Waals surface area contributed by atoms with E-state index in [-0.39, 0.29) is 0 Å². The first kappa shape index (κ1) is 15.0. The number of benzene rings is 1. The maximum absolute atomic E-state index is 3.50. The SMILES string of the molecule is C[C@H](CN1CCC(N(C)C)CC1)c1ccc(Br)cc1. The lowest BCUT2D eigenvalue weighted by molar-refractivity contribution is 0.140. The van der Waals surface area contributed by atoms with E-state index >= 15 is 0 Å². The van der Waals surface area contributed by atoms with Gasteiger partial charge in [0.1, 0.15) is 0 Å². The Morgan fingerprint density at radius 1 is 1.21 bits per heavy atom. The van der Waals surface area contributed by atoms with Crippen molar-refractivity contribution < 1.29 is 0 Å². The molecule has 0 N–H and O–H groups in total. The molecule has 2 nitrogen and oxygen atoms in total. The van der Waals surface area contributed by atoms with Crippen molar-refractivity contribution >= 4 is 15.9 Å². The molecule has 3 heteroatoms. The predicted molar refractivity (Wildman–Crippen MR) is 85.7 cm³/mol. The summed E-state index contributed by atoms with van der Waals surface area (Å²) in [7, 11) is 4.40. The van der Waals surface area contributed by atoms with E-state index < -0.39 is 0 Å². The summed E-state index contributed by atoms with van der Waals surface area (Å²) in [5.74, 6) is 0.615. The van der Waals surface area contributed by atoms with Crippen molar-refractivity contribution in [2.75, 3.05) is 33.7 Å². The molecule has 1 aliphatic heterocycles. The summed E-state index contributed by atoms with van der Waals surface area (Å²) in [5.41, 5.74) is 1.44. The average Bonchev–Trinajstić information content (AvgIpc) is 2.40. The minimum absolute atomic E-state index is 0.615. The van der Waals surface area contributed by atoms with Gasteiger partial charge in [0.25, 0.3) is 0 Å². The molecule has 0 spiro atoms. The normalized spacial score (nSPS) is 19.8. The van der Waals surface area contributed by atoms with Gasteiger partial charge in [0.2, 0.25) is 0 Å². The smallest absolute Gasteiger partial charge is 0.0175 e. The van der Waals surface area contributed by atoms with Crippen molar-refractivity contribution in [1.29, 1.82) is 0 Å². The number of piperidine rings is 1. The van der Waals surface area contributed by atoms with Gasteiger partial charge >= 0.3 is 0 Å². The lowest BCUT2D eigenvalue weighted by atomic mass is 9.98. The third-order valence-corrected chi connectivity index (χ3v) is 4.79. The highest BCUT2D eigenvalue weighted by Gasteiger charge is 2.21. The van der Waals surface area contributed by atoms with E-state index in [1.165, 1.54) is 38.0 Å². The van der Waals surface area contributed by atoms with E-state index in [0.717, 1.165) is 10.5 Å². The number of likely N-dealkylation sites (tertiary alicyclic amines) is 1. The van der Waals surface area contributed by atoms with Crippen LogP contribution in [0.4, 0.5) is 0 Å². The van der Waals surface area contributed by atoms with Crippen LogP contribution in [0.2, 0.25) is 0 Å². The van der Waals surface area contributed by atoms with Gasteiger partial charge in [0.15, 0.2) is 0 Å². The fourth-order valence-electron chi connectivity index (χ4n) is 2.90. The highest BCUT2D eigenvalue weighted by Crippen LogP contribution is 2.22. The molecule has 2 rings (SSSR count). The zero-order chi connectivity index (χ0) is 13.8. The van der Waals surface area contributed by atoms with Gasteiger partial charge in [-0.25, -0.2) is 0 Å². The molecule has 0 bridgehead atoms. The topological polar surface area (TPSA) is 6.48 Å². The van der Waals surface area contributed by atoms with Crippen LogP contribution in [0.3, 0.4) is 0 Å². The van der Waals surface area contributed by atoms with E-state index in [9.17, 15) is 0 Å². The van der Waals surface area contributed by atoms with Crippen LogP contribution in [0.15, 0.2) is 28.7 Å². The molecule has 1 aromatic rings. The monoisotopic (exact) mass is 324 g/mol. The Bertz CT molecular complexity index is 380. The molecule has 0 radical (unpaired) electrons. The molecule has 19 heavy (non-hydrogen) atoms. The van der Waals surface area contributed by atoms with E-state index in [4.69, 9.17) is 0 Å². The van der Waals surface area contributed by atoms with Gasteiger partial charge in [0, 0.05) is 17.1 Å². The Morgan fingerprint density at radius 3 is 2.32 bits per heavy atom. The van der Waals surface area contributed by atoms with Crippen LogP contribution in [-0.2, 0) is 0 Å². The molecule has 1 atom stereocenters.